The number of hydrogen-bond donors (Lipinski definition) is 2. The molecule has 0 aliphatic rings. The molecule has 0 aliphatic heterocycles. The van der Waals surface area contributed by atoms with E-state index in [2.05, 4.69) is 19.1 Å². The Hall–Kier alpha value is -2.29. The standard InChI is InChI=1S/C18H22N2O/c1-2-3-4-14-7-11-17(12-8-14)21-13-15-5-9-16(10-6-15)18(19)20/h5-12H,2-4,13H2,1H3,(H3,19,20). The van der Waals surface area contributed by atoms with Gasteiger partial charge >= 0.3 is 0 Å². The van der Waals surface area contributed by atoms with Gasteiger partial charge in [-0.05, 0) is 36.1 Å². The van der Waals surface area contributed by atoms with Gasteiger partial charge in [-0.15, -0.1) is 0 Å². The fourth-order valence-corrected chi connectivity index (χ4v) is 2.08. The van der Waals surface area contributed by atoms with Gasteiger partial charge in [-0.25, -0.2) is 0 Å². The molecule has 0 heterocycles. The molecule has 0 saturated heterocycles. The SMILES string of the molecule is CCCCc1ccc(OCc2ccc(C(=N)N)cc2)cc1. The third-order valence-electron chi connectivity index (χ3n) is 3.41. The lowest BCUT2D eigenvalue weighted by Crippen LogP contribution is -2.10. The number of nitrogens with one attached hydrogen (secondary N) is 1. The number of nitrogens with two attached hydrogens (primary N) is 1. The molecule has 0 saturated carbocycles. The summed E-state index contributed by atoms with van der Waals surface area (Å²) in [6, 6.07) is 15.9. The molecule has 0 bridgehead atoms. The Bertz CT molecular complexity index is 573. The topological polar surface area (TPSA) is 59.1 Å². The zero-order valence-electron chi connectivity index (χ0n) is 12.4. The van der Waals surface area contributed by atoms with Gasteiger partial charge in [-0.2, -0.15) is 0 Å². The lowest BCUT2D eigenvalue weighted by atomic mass is 10.1. The number of benzene rings is 2. The number of rotatable bonds is 7. The molecule has 0 aromatic heterocycles. The molecule has 0 amide bonds. The monoisotopic (exact) mass is 282 g/mol. The smallest absolute Gasteiger partial charge is 0.122 e. The summed E-state index contributed by atoms with van der Waals surface area (Å²) in [6.07, 6.45) is 3.57. The second kappa shape index (κ2) is 7.48. The van der Waals surface area contributed by atoms with Crippen molar-refractivity contribution in [2.24, 2.45) is 5.73 Å². The lowest BCUT2D eigenvalue weighted by molar-refractivity contribution is 0.306. The van der Waals surface area contributed by atoms with Crippen molar-refractivity contribution in [1.82, 2.24) is 0 Å². The van der Waals surface area contributed by atoms with Crippen LogP contribution in [0.3, 0.4) is 0 Å². The minimum Gasteiger partial charge on any atom is -0.489 e. The van der Waals surface area contributed by atoms with Gasteiger partial charge in [0.2, 0.25) is 0 Å². The summed E-state index contributed by atoms with van der Waals surface area (Å²) < 4.78 is 5.77. The van der Waals surface area contributed by atoms with Crippen LogP contribution in [0.2, 0.25) is 0 Å². The minimum atomic E-state index is 0.0881. The first-order valence-electron chi connectivity index (χ1n) is 7.34. The molecule has 2 aromatic carbocycles. The molecule has 0 spiro atoms. The summed E-state index contributed by atoms with van der Waals surface area (Å²) in [4.78, 5) is 0. The molecule has 0 unspecified atom stereocenters. The van der Waals surface area contributed by atoms with E-state index in [1.807, 2.05) is 36.4 Å². The largest absolute Gasteiger partial charge is 0.489 e. The molecule has 0 atom stereocenters. The molecule has 3 nitrogen and oxygen atoms in total. The van der Waals surface area contributed by atoms with Gasteiger partial charge in [0.05, 0.1) is 0 Å². The number of unbranched alkanes of at least 4 members (excludes halogenated alkanes) is 1. The number of ether oxygens (including phenoxy) is 1. The van der Waals surface area contributed by atoms with Gasteiger partial charge in [0, 0.05) is 5.56 Å². The predicted molar refractivity (Wildman–Crippen MR) is 86.8 cm³/mol. The van der Waals surface area contributed by atoms with Crippen LogP contribution in [0.1, 0.15) is 36.5 Å². The van der Waals surface area contributed by atoms with Crippen molar-refractivity contribution in [2.75, 3.05) is 0 Å². The summed E-state index contributed by atoms with van der Waals surface area (Å²) in [5.41, 5.74) is 8.59. The van der Waals surface area contributed by atoms with E-state index in [0.29, 0.717) is 6.61 Å². The highest BCUT2D eigenvalue weighted by Crippen LogP contribution is 2.16. The van der Waals surface area contributed by atoms with Gasteiger partial charge in [0.1, 0.15) is 18.2 Å². The quantitative estimate of drug-likeness (QED) is 0.598. The van der Waals surface area contributed by atoms with Crippen molar-refractivity contribution in [2.45, 2.75) is 32.8 Å². The van der Waals surface area contributed by atoms with E-state index in [4.69, 9.17) is 15.9 Å². The second-order valence-corrected chi connectivity index (χ2v) is 5.15. The third-order valence-corrected chi connectivity index (χ3v) is 3.41. The maximum Gasteiger partial charge on any atom is 0.122 e. The first kappa shape index (κ1) is 15.1. The molecule has 110 valence electrons. The van der Waals surface area contributed by atoms with E-state index in [0.717, 1.165) is 23.3 Å². The lowest BCUT2D eigenvalue weighted by Gasteiger charge is -2.08. The fraction of sp³-hybridized carbons (Fsp3) is 0.278. The van der Waals surface area contributed by atoms with Crippen molar-refractivity contribution in [1.29, 1.82) is 5.41 Å². The van der Waals surface area contributed by atoms with Crippen LogP contribution in [-0.4, -0.2) is 5.84 Å². The van der Waals surface area contributed by atoms with Gasteiger partial charge in [-0.1, -0.05) is 49.7 Å². The number of aryl methyl sites for hydroxylation is 1. The van der Waals surface area contributed by atoms with Crippen LogP contribution in [0.15, 0.2) is 48.5 Å². The van der Waals surface area contributed by atoms with E-state index in [-0.39, 0.29) is 5.84 Å². The highest BCUT2D eigenvalue weighted by atomic mass is 16.5. The van der Waals surface area contributed by atoms with Crippen molar-refractivity contribution in [3.05, 3.63) is 65.2 Å². The van der Waals surface area contributed by atoms with Gasteiger partial charge < -0.3 is 10.5 Å². The van der Waals surface area contributed by atoms with Crippen LogP contribution < -0.4 is 10.5 Å². The van der Waals surface area contributed by atoms with Crippen LogP contribution in [0, 0.1) is 5.41 Å². The summed E-state index contributed by atoms with van der Waals surface area (Å²) >= 11 is 0. The Kier molecular flexibility index (Phi) is 5.38. The zero-order valence-corrected chi connectivity index (χ0v) is 12.4. The molecule has 3 heteroatoms. The van der Waals surface area contributed by atoms with Crippen LogP contribution in [0.4, 0.5) is 0 Å². The summed E-state index contributed by atoms with van der Waals surface area (Å²) in [6.45, 7) is 2.72. The highest BCUT2D eigenvalue weighted by molar-refractivity contribution is 5.94. The number of nitrogen functional groups attached to an aromatic ring is 1. The highest BCUT2D eigenvalue weighted by Gasteiger charge is 1.99. The van der Waals surface area contributed by atoms with Crippen LogP contribution >= 0.6 is 0 Å². The first-order chi connectivity index (χ1) is 10.2. The molecular formula is C18H22N2O. The molecule has 0 aliphatic carbocycles. The molecule has 0 fully saturated rings. The van der Waals surface area contributed by atoms with Crippen molar-refractivity contribution in [3.63, 3.8) is 0 Å². The summed E-state index contributed by atoms with van der Waals surface area (Å²) in [5, 5.41) is 7.36. The molecule has 3 N–H and O–H groups in total. The molecule has 2 aromatic rings. The van der Waals surface area contributed by atoms with Crippen molar-refractivity contribution in [3.8, 4) is 5.75 Å². The van der Waals surface area contributed by atoms with Crippen LogP contribution in [0.25, 0.3) is 0 Å². The van der Waals surface area contributed by atoms with E-state index in [1.54, 1.807) is 0 Å². The van der Waals surface area contributed by atoms with E-state index in [9.17, 15) is 0 Å². The minimum absolute atomic E-state index is 0.0881. The number of hydrogen-bond acceptors (Lipinski definition) is 2. The van der Waals surface area contributed by atoms with Crippen molar-refractivity contribution >= 4 is 5.84 Å². The second-order valence-electron chi connectivity index (χ2n) is 5.15. The number of amidine groups is 1. The fourth-order valence-electron chi connectivity index (χ4n) is 2.08. The van der Waals surface area contributed by atoms with Crippen LogP contribution in [0.5, 0.6) is 5.75 Å². The predicted octanol–water partition coefficient (Wildman–Crippen LogP) is 3.89. The average Bonchev–Trinajstić information content (AvgIpc) is 2.52. The van der Waals surface area contributed by atoms with Gasteiger partial charge in [-0.3, -0.25) is 5.41 Å². The normalized spacial score (nSPS) is 10.3. The van der Waals surface area contributed by atoms with E-state index >= 15 is 0 Å². The van der Waals surface area contributed by atoms with Crippen LogP contribution in [-0.2, 0) is 13.0 Å². The zero-order chi connectivity index (χ0) is 15.1. The maximum atomic E-state index is 7.36. The molecular weight excluding hydrogens is 260 g/mol. The van der Waals surface area contributed by atoms with Gasteiger partial charge in [0.25, 0.3) is 0 Å². The van der Waals surface area contributed by atoms with E-state index < -0.39 is 0 Å². The Labute approximate surface area is 126 Å². The summed E-state index contributed by atoms with van der Waals surface area (Å²) in [5.74, 6) is 0.969. The average molecular weight is 282 g/mol. The molecule has 2 rings (SSSR count). The van der Waals surface area contributed by atoms with Crippen molar-refractivity contribution < 1.29 is 4.74 Å². The Morgan fingerprint density at radius 1 is 1.00 bits per heavy atom. The molecule has 21 heavy (non-hydrogen) atoms. The molecule has 0 radical (unpaired) electrons. The Balaban J connectivity index is 1.88. The Morgan fingerprint density at radius 3 is 2.19 bits per heavy atom. The summed E-state index contributed by atoms with van der Waals surface area (Å²) in [7, 11) is 0. The maximum absolute atomic E-state index is 7.36. The van der Waals surface area contributed by atoms with Gasteiger partial charge in [0.15, 0.2) is 0 Å². The first-order valence-corrected chi connectivity index (χ1v) is 7.34. The Morgan fingerprint density at radius 2 is 1.62 bits per heavy atom. The third kappa shape index (κ3) is 4.63. The van der Waals surface area contributed by atoms with E-state index in [1.165, 1.54) is 18.4 Å².